The minimum atomic E-state index is -3.16. The van der Waals surface area contributed by atoms with E-state index in [0.29, 0.717) is 17.7 Å². The highest BCUT2D eigenvalue weighted by molar-refractivity contribution is 7.90. The van der Waals surface area contributed by atoms with Gasteiger partial charge in [-0.25, -0.2) is 13.2 Å². The highest BCUT2D eigenvalue weighted by Gasteiger charge is 2.40. The van der Waals surface area contributed by atoms with Gasteiger partial charge in [0.05, 0.1) is 24.8 Å². The Labute approximate surface area is 117 Å². The summed E-state index contributed by atoms with van der Waals surface area (Å²) in [6, 6.07) is 6.27. The zero-order chi connectivity index (χ0) is 14.9. The number of likely N-dealkylation sites (tertiary alicyclic amines) is 1. The lowest BCUT2D eigenvalue weighted by Crippen LogP contribution is -2.54. The molecule has 1 saturated heterocycles. The van der Waals surface area contributed by atoms with Crippen LogP contribution in [0.2, 0.25) is 0 Å². The number of ether oxygens (including phenoxy) is 1. The Kier molecular flexibility index (Phi) is 4.12. The highest BCUT2D eigenvalue weighted by atomic mass is 32.2. The number of methoxy groups -OCH3 is 1. The maximum absolute atomic E-state index is 11.5. The van der Waals surface area contributed by atoms with E-state index in [1.165, 1.54) is 7.11 Å². The Morgan fingerprint density at radius 3 is 2.75 bits per heavy atom. The van der Waals surface area contributed by atoms with E-state index in [1.807, 2.05) is 0 Å². The van der Waals surface area contributed by atoms with Crippen molar-refractivity contribution in [2.24, 2.45) is 0 Å². The van der Waals surface area contributed by atoms with Gasteiger partial charge in [0.1, 0.15) is 5.88 Å². The molecule has 1 aromatic carbocycles. The van der Waals surface area contributed by atoms with Crippen LogP contribution >= 0.6 is 0 Å². The first kappa shape index (κ1) is 15.0. The zero-order valence-electron chi connectivity index (χ0n) is 11.3. The average molecular weight is 299 g/mol. The Bertz CT molecular complexity index is 613. The first-order chi connectivity index (χ1) is 9.31. The maximum atomic E-state index is 11.5. The van der Waals surface area contributed by atoms with Crippen molar-refractivity contribution in [1.82, 2.24) is 4.90 Å². The number of aliphatic hydroxyl groups is 1. The number of hydrogen-bond acceptors (Lipinski definition) is 6. The third-order valence-electron chi connectivity index (χ3n) is 3.23. The number of aliphatic hydroxyl groups excluding tert-OH is 1. The number of carbonyl (C=O) groups excluding carboxylic acids is 1. The Balaban J connectivity index is 2.23. The summed E-state index contributed by atoms with van der Waals surface area (Å²) < 4.78 is 27.3. The van der Waals surface area contributed by atoms with E-state index in [4.69, 9.17) is 0 Å². The maximum Gasteiger partial charge on any atom is 0.337 e. The first-order valence-electron chi connectivity index (χ1n) is 6.10. The molecule has 1 heterocycles. The summed E-state index contributed by atoms with van der Waals surface area (Å²) in [7, 11) is -1.86. The molecule has 7 heteroatoms. The van der Waals surface area contributed by atoms with Gasteiger partial charge in [-0.05, 0) is 17.7 Å². The van der Waals surface area contributed by atoms with Crippen molar-refractivity contribution in [1.29, 1.82) is 0 Å². The predicted molar refractivity (Wildman–Crippen MR) is 72.9 cm³/mol. The molecule has 0 bridgehead atoms. The largest absolute Gasteiger partial charge is 0.465 e. The molecule has 0 amide bonds. The molecule has 1 aromatic rings. The van der Waals surface area contributed by atoms with Crippen LogP contribution in [0.25, 0.3) is 0 Å². The second kappa shape index (κ2) is 5.51. The molecule has 1 aliphatic rings. The Hall–Kier alpha value is -1.44. The van der Waals surface area contributed by atoms with Crippen LogP contribution in [0.3, 0.4) is 0 Å². The van der Waals surface area contributed by atoms with Crippen LogP contribution in [0.4, 0.5) is 0 Å². The van der Waals surface area contributed by atoms with Crippen molar-refractivity contribution in [3.05, 3.63) is 35.4 Å². The summed E-state index contributed by atoms with van der Waals surface area (Å²) in [5, 5.41) is 9.86. The van der Waals surface area contributed by atoms with Gasteiger partial charge < -0.3 is 9.84 Å². The standard InChI is InChI=1S/C13H17NO5S/c1-19-13(16)10-5-3-4-9(6-10)12-11(15)7-14(12)8-20(2,17)18/h3-6,11-12,15H,7-8H2,1-2H3. The molecule has 1 fully saturated rings. The fourth-order valence-corrected chi connectivity index (χ4v) is 3.26. The third-order valence-corrected chi connectivity index (χ3v) is 4.03. The number of sulfone groups is 1. The molecule has 1 aliphatic heterocycles. The third kappa shape index (κ3) is 3.17. The van der Waals surface area contributed by atoms with Crippen molar-refractivity contribution < 1.29 is 23.1 Å². The summed E-state index contributed by atoms with van der Waals surface area (Å²) in [6.45, 7) is 0.306. The number of β-amino-alcohol motifs (C(OH)–C–C–N with tert-alkyl or cyclic N) is 1. The normalized spacial score (nSPS) is 23.1. The van der Waals surface area contributed by atoms with Crippen LogP contribution in [0.5, 0.6) is 0 Å². The zero-order valence-corrected chi connectivity index (χ0v) is 12.1. The minimum Gasteiger partial charge on any atom is -0.465 e. The number of esters is 1. The number of carbonyl (C=O) groups is 1. The van der Waals surface area contributed by atoms with Crippen molar-refractivity contribution in [3.63, 3.8) is 0 Å². The van der Waals surface area contributed by atoms with Gasteiger partial charge in [0, 0.05) is 12.8 Å². The Morgan fingerprint density at radius 2 is 2.20 bits per heavy atom. The monoisotopic (exact) mass is 299 g/mol. The molecular weight excluding hydrogens is 282 g/mol. The minimum absolute atomic E-state index is 0.114. The summed E-state index contributed by atoms with van der Waals surface area (Å²) >= 11 is 0. The van der Waals surface area contributed by atoms with Crippen LogP contribution in [0.15, 0.2) is 24.3 Å². The fraction of sp³-hybridized carbons (Fsp3) is 0.462. The van der Waals surface area contributed by atoms with E-state index in [2.05, 4.69) is 4.74 Å². The molecule has 2 atom stereocenters. The van der Waals surface area contributed by atoms with Crippen molar-refractivity contribution in [2.75, 3.05) is 25.8 Å². The second-order valence-corrected chi connectivity index (χ2v) is 7.07. The summed E-state index contributed by atoms with van der Waals surface area (Å²) in [5.74, 6) is -0.577. The van der Waals surface area contributed by atoms with Gasteiger partial charge in [-0.2, -0.15) is 0 Å². The van der Waals surface area contributed by atoms with Gasteiger partial charge in [0.15, 0.2) is 9.84 Å². The van der Waals surface area contributed by atoms with Crippen molar-refractivity contribution in [3.8, 4) is 0 Å². The lowest BCUT2D eigenvalue weighted by atomic mass is 9.91. The van der Waals surface area contributed by atoms with Gasteiger partial charge >= 0.3 is 5.97 Å². The molecule has 2 unspecified atom stereocenters. The predicted octanol–water partition coefficient (Wildman–Crippen LogP) is 0.193. The smallest absolute Gasteiger partial charge is 0.337 e. The number of rotatable bonds is 4. The molecule has 0 saturated carbocycles. The molecule has 2 rings (SSSR count). The van der Waals surface area contributed by atoms with Crippen molar-refractivity contribution in [2.45, 2.75) is 12.1 Å². The molecule has 1 N–H and O–H groups in total. The lowest BCUT2D eigenvalue weighted by Gasteiger charge is -2.45. The quantitative estimate of drug-likeness (QED) is 0.799. The highest BCUT2D eigenvalue weighted by Crippen LogP contribution is 2.34. The molecule has 0 aromatic heterocycles. The van der Waals surface area contributed by atoms with E-state index >= 15 is 0 Å². The number of hydrogen-bond donors (Lipinski definition) is 1. The molecule has 6 nitrogen and oxygen atoms in total. The Morgan fingerprint density at radius 1 is 1.50 bits per heavy atom. The van der Waals surface area contributed by atoms with E-state index in [1.54, 1.807) is 29.2 Å². The molecule has 0 aliphatic carbocycles. The topological polar surface area (TPSA) is 83.9 Å². The molecule has 110 valence electrons. The SMILES string of the molecule is COC(=O)c1cccc(C2C(O)CN2CS(C)(=O)=O)c1. The van der Waals surface area contributed by atoms with E-state index in [-0.39, 0.29) is 5.88 Å². The van der Waals surface area contributed by atoms with Crippen LogP contribution in [-0.2, 0) is 14.6 Å². The van der Waals surface area contributed by atoms with E-state index in [0.717, 1.165) is 6.26 Å². The first-order valence-corrected chi connectivity index (χ1v) is 8.16. The molecular formula is C13H17NO5S. The molecule has 20 heavy (non-hydrogen) atoms. The second-order valence-electron chi connectivity index (χ2n) is 4.96. The van der Waals surface area contributed by atoms with Gasteiger partial charge in [-0.1, -0.05) is 12.1 Å². The van der Waals surface area contributed by atoms with Gasteiger partial charge in [-0.3, -0.25) is 4.90 Å². The van der Waals surface area contributed by atoms with Crippen molar-refractivity contribution >= 4 is 15.8 Å². The van der Waals surface area contributed by atoms with Gasteiger partial charge in [0.25, 0.3) is 0 Å². The van der Waals surface area contributed by atoms with E-state index < -0.39 is 28.0 Å². The number of benzene rings is 1. The fourth-order valence-electron chi connectivity index (χ4n) is 2.39. The average Bonchev–Trinajstić information content (AvgIpc) is 2.35. The molecule has 0 radical (unpaired) electrons. The summed E-state index contributed by atoms with van der Waals surface area (Å²) in [5.41, 5.74) is 1.08. The van der Waals surface area contributed by atoms with Crippen LogP contribution in [0, 0.1) is 0 Å². The molecule has 0 spiro atoms. The summed E-state index contributed by atoms with van der Waals surface area (Å²) in [6.07, 6.45) is 0.518. The van der Waals surface area contributed by atoms with Gasteiger partial charge in [0.2, 0.25) is 0 Å². The number of nitrogens with zero attached hydrogens (tertiary/aromatic N) is 1. The van der Waals surface area contributed by atoms with Crippen LogP contribution < -0.4 is 0 Å². The summed E-state index contributed by atoms with van der Waals surface area (Å²) in [4.78, 5) is 13.2. The van der Waals surface area contributed by atoms with Crippen LogP contribution in [0.1, 0.15) is 22.0 Å². The van der Waals surface area contributed by atoms with E-state index in [9.17, 15) is 18.3 Å². The van der Waals surface area contributed by atoms with Crippen LogP contribution in [-0.4, -0.2) is 56.3 Å². The lowest BCUT2D eigenvalue weighted by molar-refractivity contribution is -0.0521. The van der Waals surface area contributed by atoms with Gasteiger partial charge in [-0.15, -0.1) is 0 Å².